The van der Waals surface area contributed by atoms with Crippen molar-refractivity contribution in [2.24, 2.45) is 5.41 Å². The summed E-state index contributed by atoms with van der Waals surface area (Å²) >= 11 is 5.88. The summed E-state index contributed by atoms with van der Waals surface area (Å²) in [5.74, 6) is -0.573. The van der Waals surface area contributed by atoms with Gasteiger partial charge in [0, 0.05) is 29.0 Å². The van der Waals surface area contributed by atoms with Gasteiger partial charge in [0.1, 0.15) is 0 Å². The highest BCUT2D eigenvalue weighted by Crippen LogP contribution is 2.69. The maximum atomic E-state index is 10.7. The van der Waals surface area contributed by atoms with Crippen molar-refractivity contribution in [3.05, 3.63) is 74.8 Å². The Morgan fingerprint density at radius 1 is 0.957 bits per heavy atom. The number of non-ortho nitro benzene ring substituents is 1. The van der Waals surface area contributed by atoms with Gasteiger partial charge < -0.3 is 0 Å². The van der Waals surface area contributed by atoms with E-state index in [0.717, 1.165) is 11.1 Å². The van der Waals surface area contributed by atoms with Gasteiger partial charge in [0.25, 0.3) is 5.69 Å². The monoisotopic (exact) mass is 323 g/mol. The highest BCUT2D eigenvalue weighted by atomic mass is 35.5. The standard InChI is InChI=1S/C17H10ClN3O2/c18-13-5-1-11(2-6-13)15-16(17(15,9-19)10-20)12-3-7-14(8-4-12)21(22)23/h1-8,15-16H. The molecule has 0 N–H and O–H groups in total. The quantitative estimate of drug-likeness (QED) is 0.626. The van der Waals surface area contributed by atoms with Crippen LogP contribution in [-0.2, 0) is 0 Å². The third kappa shape index (κ3) is 2.32. The number of rotatable bonds is 3. The summed E-state index contributed by atoms with van der Waals surface area (Å²) in [6.45, 7) is 0. The molecule has 2 aromatic carbocycles. The van der Waals surface area contributed by atoms with E-state index in [1.54, 1.807) is 24.3 Å². The molecule has 2 atom stereocenters. The summed E-state index contributed by atoms with van der Waals surface area (Å²) in [4.78, 5) is 10.3. The van der Waals surface area contributed by atoms with Gasteiger partial charge in [-0.15, -0.1) is 0 Å². The molecule has 1 saturated carbocycles. The van der Waals surface area contributed by atoms with Crippen LogP contribution in [0.1, 0.15) is 23.0 Å². The zero-order valence-electron chi connectivity index (χ0n) is 11.8. The average Bonchev–Trinajstić information content (AvgIpc) is 3.25. The molecule has 5 nitrogen and oxygen atoms in total. The second-order valence-electron chi connectivity index (χ2n) is 5.45. The van der Waals surface area contributed by atoms with Crippen molar-refractivity contribution in [1.82, 2.24) is 0 Å². The van der Waals surface area contributed by atoms with Crippen LogP contribution in [-0.4, -0.2) is 4.92 Å². The molecule has 0 spiro atoms. The minimum atomic E-state index is -1.15. The zero-order valence-corrected chi connectivity index (χ0v) is 12.6. The maximum Gasteiger partial charge on any atom is 0.269 e. The molecule has 0 saturated heterocycles. The largest absolute Gasteiger partial charge is 0.269 e. The SMILES string of the molecule is N#CC1(C#N)C(c2ccc(Cl)cc2)C1c1ccc([N+](=O)[O-])cc1. The molecule has 2 unspecified atom stereocenters. The van der Waals surface area contributed by atoms with Crippen molar-refractivity contribution >= 4 is 17.3 Å². The van der Waals surface area contributed by atoms with Crippen LogP contribution in [0.5, 0.6) is 0 Å². The lowest BCUT2D eigenvalue weighted by atomic mass is 10.0. The summed E-state index contributed by atoms with van der Waals surface area (Å²) in [5.41, 5.74) is 0.445. The van der Waals surface area contributed by atoms with Gasteiger partial charge in [-0.2, -0.15) is 10.5 Å². The minimum absolute atomic E-state index is 0.0167. The van der Waals surface area contributed by atoms with Crippen LogP contribution >= 0.6 is 11.6 Å². The van der Waals surface area contributed by atoms with Crippen molar-refractivity contribution in [3.8, 4) is 12.1 Å². The number of halogens is 1. The predicted octanol–water partition coefficient (Wildman–Crippen LogP) is 4.16. The molecule has 1 aliphatic rings. The zero-order chi connectivity index (χ0) is 16.6. The predicted molar refractivity (Wildman–Crippen MR) is 83.7 cm³/mol. The topological polar surface area (TPSA) is 90.7 Å². The number of hydrogen-bond donors (Lipinski definition) is 0. The van der Waals surface area contributed by atoms with Crippen LogP contribution in [0.25, 0.3) is 0 Å². The Morgan fingerprint density at radius 2 is 1.39 bits per heavy atom. The van der Waals surface area contributed by atoms with Crippen LogP contribution in [0.4, 0.5) is 5.69 Å². The Bertz CT molecular complexity index is 833. The third-order valence-corrected chi connectivity index (χ3v) is 4.52. The molecule has 0 bridgehead atoms. The van der Waals surface area contributed by atoms with Gasteiger partial charge in [-0.05, 0) is 23.3 Å². The summed E-state index contributed by atoms with van der Waals surface area (Å²) in [5, 5.41) is 30.3. The minimum Gasteiger partial charge on any atom is -0.258 e. The lowest BCUT2D eigenvalue weighted by molar-refractivity contribution is -0.384. The lowest BCUT2D eigenvalue weighted by Gasteiger charge is -2.00. The van der Waals surface area contributed by atoms with Crippen molar-refractivity contribution in [1.29, 1.82) is 10.5 Å². The van der Waals surface area contributed by atoms with Crippen LogP contribution in [0.2, 0.25) is 5.02 Å². The first-order chi connectivity index (χ1) is 11.0. The van der Waals surface area contributed by atoms with Crippen LogP contribution in [0, 0.1) is 38.2 Å². The lowest BCUT2D eigenvalue weighted by Crippen LogP contribution is -1.97. The van der Waals surface area contributed by atoms with Gasteiger partial charge in [0.2, 0.25) is 0 Å². The van der Waals surface area contributed by atoms with E-state index >= 15 is 0 Å². The summed E-state index contributed by atoms with van der Waals surface area (Å²) in [7, 11) is 0. The van der Waals surface area contributed by atoms with Gasteiger partial charge in [0.05, 0.1) is 17.1 Å². The van der Waals surface area contributed by atoms with E-state index in [4.69, 9.17) is 11.6 Å². The first-order valence-corrected chi connectivity index (χ1v) is 7.23. The van der Waals surface area contributed by atoms with E-state index in [-0.39, 0.29) is 17.5 Å². The number of nitriles is 2. The Morgan fingerprint density at radius 3 is 1.78 bits per heavy atom. The Labute approximate surface area is 137 Å². The van der Waals surface area contributed by atoms with E-state index in [2.05, 4.69) is 12.1 Å². The molecule has 0 radical (unpaired) electrons. The molecular weight excluding hydrogens is 314 g/mol. The third-order valence-electron chi connectivity index (χ3n) is 4.27. The second-order valence-corrected chi connectivity index (χ2v) is 5.88. The van der Waals surface area contributed by atoms with E-state index in [1.165, 1.54) is 12.1 Å². The molecule has 0 heterocycles. The first kappa shape index (κ1) is 15.0. The summed E-state index contributed by atoms with van der Waals surface area (Å²) < 4.78 is 0. The molecule has 1 fully saturated rings. The van der Waals surface area contributed by atoms with Gasteiger partial charge >= 0.3 is 0 Å². The highest BCUT2D eigenvalue weighted by molar-refractivity contribution is 6.30. The average molecular weight is 324 g/mol. The fraction of sp³-hybridized carbons (Fsp3) is 0.176. The van der Waals surface area contributed by atoms with Crippen molar-refractivity contribution in [2.45, 2.75) is 11.8 Å². The Kier molecular flexibility index (Phi) is 3.52. The number of nitrogens with zero attached hydrogens (tertiary/aromatic N) is 3. The van der Waals surface area contributed by atoms with E-state index in [9.17, 15) is 20.6 Å². The van der Waals surface area contributed by atoms with Gasteiger partial charge in [0.15, 0.2) is 5.41 Å². The number of nitro benzene ring substituents is 1. The number of benzene rings is 2. The Balaban J connectivity index is 2.00. The summed E-state index contributed by atoms with van der Waals surface area (Å²) in [6, 6.07) is 17.3. The van der Waals surface area contributed by atoms with Crippen molar-refractivity contribution in [2.75, 3.05) is 0 Å². The smallest absolute Gasteiger partial charge is 0.258 e. The Hall–Kier alpha value is -2.89. The van der Waals surface area contributed by atoms with Crippen LogP contribution in [0.15, 0.2) is 48.5 Å². The molecule has 0 aliphatic heterocycles. The van der Waals surface area contributed by atoms with E-state index in [0.29, 0.717) is 5.02 Å². The molecule has 6 heteroatoms. The van der Waals surface area contributed by atoms with Crippen molar-refractivity contribution < 1.29 is 4.92 Å². The first-order valence-electron chi connectivity index (χ1n) is 6.86. The molecular formula is C17H10ClN3O2. The maximum absolute atomic E-state index is 10.7. The second kappa shape index (κ2) is 5.39. The van der Waals surface area contributed by atoms with Gasteiger partial charge in [-0.1, -0.05) is 35.9 Å². The van der Waals surface area contributed by atoms with E-state index < -0.39 is 10.3 Å². The fourth-order valence-electron chi connectivity index (χ4n) is 3.08. The highest BCUT2D eigenvalue weighted by Gasteiger charge is 2.67. The van der Waals surface area contributed by atoms with E-state index in [1.807, 2.05) is 12.1 Å². The molecule has 0 amide bonds. The van der Waals surface area contributed by atoms with Gasteiger partial charge in [-0.25, -0.2) is 0 Å². The molecule has 0 aromatic heterocycles. The molecule has 3 rings (SSSR count). The van der Waals surface area contributed by atoms with Crippen molar-refractivity contribution in [3.63, 3.8) is 0 Å². The normalized spacial score (nSPS) is 21.0. The number of hydrogen-bond acceptors (Lipinski definition) is 4. The number of nitro groups is 1. The molecule has 112 valence electrons. The molecule has 23 heavy (non-hydrogen) atoms. The molecule has 2 aromatic rings. The summed E-state index contributed by atoms with van der Waals surface area (Å²) in [6.07, 6.45) is 0. The molecule has 1 aliphatic carbocycles. The van der Waals surface area contributed by atoms with Gasteiger partial charge in [-0.3, -0.25) is 10.1 Å². The van der Waals surface area contributed by atoms with Crippen LogP contribution in [0.3, 0.4) is 0 Å². The van der Waals surface area contributed by atoms with Crippen LogP contribution < -0.4 is 0 Å². The fourth-order valence-corrected chi connectivity index (χ4v) is 3.20.